The first-order valence-corrected chi connectivity index (χ1v) is 7.46. The number of aryl methyl sites for hydroxylation is 1. The van der Waals surface area contributed by atoms with Crippen LogP contribution in [0.1, 0.15) is 39.7 Å². The first kappa shape index (κ1) is 16.8. The van der Waals surface area contributed by atoms with Crippen molar-refractivity contribution in [1.29, 1.82) is 0 Å². The minimum atomic E-state index is -0.475. The lowest BCUT2D eigenvalue weighted by Crippen LogP contribution is -2.44. The Kier molecular flexibility index (Phi) is 6.34. The van der Waals surface area contributed by atoms with Crippen LogP contribution in [0.4, 0.5) is 0 Å². The molecule has 0 radical (unpaired) electrons. The zero-order valence-electron chi connectivity index (χ0n) is 12.9. The molecule has 0 fully saturated rings. The molecule has 1 aromatic rings. The van der Waals surface area contributed by atoms with Crippen LogP contribution in [-0.2, 0) is 4.79 Å². The average Bonchev–Trinajstić information content (AvgIpc) is 2.39. The van der Waals surface area contributed by atoms with E-state index in [-0.39, 0.29) is 11.9 Å². The Labute approximate surface area is 126 Å². The highest BCUT2D eigenvalue weighted by Crippen LogP contribution is 2.22. The van der Waals surface area contributed by atoms with Gasteiger partial charge in [-0.3, -0.25) is 4.79 Å². The summed E-state index contributed by atoms with van der Waals surface area (Å²) in [5.41, 5.74) is 0.940. The van der Waals surface area contributed by atoms with Crippen LogP contribution in [0.2, 0.25) is 5.02 Å². The molecule has 0 heterocycles. The van der Waals surface area contributed by atoms with Gasteiger partial charge in [0.1, 0.15) is 5.75 Å². The Hall–Kier alpha value is -1.22. The quantitative estimate of drug-likeness (QED) is 0.863. The summed E-state index contributed by atoms with van der Waals surface area (Å²) in [5, 5.41) is 3.68. The highest BCUT2D eigenvalue weighted by Gasteiger charge is 2.21. The molecule has 0 spiro atoms. The number of amides is 1. The van der Waals surface area contributed by atoms with E-state index < -0.39 is 6.10 Å². The van der Waals surface area contributed by atoms with E-state index in [0.29, 0.717) is 23.1 Å². The first-order valence-electron chi connectivity index (χ1n) is 7.08. The number of halogens is 1. The van der Waals surface area contributed by atoms with Gasteiger partial charge in [0.25, 0.3) is 5.91 Å². The Morgan fingerprint density at radius 1 is 1.35 bits per heavy atom. The van der Waals surface area contributed by atoms with Crippen molar-refractivity contribution in [3.8, 4) is 5.75 Å². The van der Waals surface area contributed by atoms with E-state index in [1.807, 2.05) is 26.8 Å². The fourth-order valence-electron chi connectivity index (χ4n) is 1.66. The predicted octanol–water partition coefficient (Wildman–Crippen LogP) is 3.97. The lowest BCUT2D eigenvalue weighted by molar-refractivity contribution is -0.129. The number of ether oxygens (including phenoxy) is 1. The van der Waals surface area contributed by atoms with Crippen LogP contribution in [0.15, 0.2) is 18.2 Å². The van der Waals surface area contributed by atoms with Crippen LogP contribution < -0.4 is 10.1 Å². The van der Waals surface area contributed by atoms with Crippen molar-refractivity contribution in [2.24, 2.45) is 5.92 Å². The molecule has 20 heavy (non-hydrogen) atoms. The van der Waals surface area contributed by atoms with Crippen molar-refractivity contribution >= 4 is 17.5 Å². The second-order valence-corrected chi connectivity index (χ2v) is 5.87. The lowest BCUT2D eigenvalue weighted by atomic mass is 10.1. The zero-order chi connectivity index (χ0) is 15.3. The number of carbonyl (C=O) groups excluding carboxylic acids is 1. The minimum Gasteiger partial charge on any atom is -0.481 e. The number of nitrogens with one attached hydrogen (secondary N) is 1. The fraction of sp³-hybridized carbons (Fsp3) is 0.562. The van der Waals surface area contributed by atoms with Gasteiger partial charge in [-0.05, 0) is 49.9 Å². The molecule has 1 aromatic carbocycles. The number of hydrogen-bond acceptors (Lipinski definition) is 2. The van der Waals surface area contributed by atoms with Gasteiger partial charge in [-0.1, -0.05) is 32.4 Å². The normalized spacial score (nSPS) is 13.9. The molecule has 1 N–H and O–H groups in total. The molecule has 0 bridgehead atoms. The van der Waals surface area contributed by atoms with E-state index in [1.54, 1.807) is 12.1 Å². The second kappa shape index (κ2) is 7.53. The van der Waals surface area contributed by atoms with Gasteiger partial charge < -0.3 is 10.1 Å². The third-order valence-corrected chi connectivity index (χ3v) is 3.86. The summed E-state index contributed by atoms with van der Waals surface area (Å²) >= 11 is 5.98. The largest absolute Gasteiger partial charge is 0.481 e. The van der Waals surface area contributed by atoms with Crippen LogP contribution in [0.3, 0.4) is 0 Å². The van der Waals surface area contributed by atoms with Crippen molar-refractivity contribution in [2.45, 2.75) is 53.2 Å². The molecule has 3 nitrogen and oxygen atoms in total. The molecule has 0 aromatic heterocycles. The van der Waals surface area contributed by atoms with E-state index in [4.69, 9.17) is 16.3 Å². The Bertz CT molecular complexity index is 460. The molecular formula is C16H24ClNO2. The molecule has 0 saturated carbocycles. The van der Waals surface area contributed by atoms with Crippen LogP contribution in [0, 0.1) is 12.8 Å². The predicted molar refractivity (Wildman–Crippen MR) is 83.3 cm³/mol. The summed E-state index contributed by atoms with van der Waals surface area (Å²) < 4.78 is 5.77. The standard InChI is InChI=1S/C16H24ClNO2/c1-6-15(16(19)18-12(5)10(2)3)20-13-7-8-14(17)11(4)9-13/h7-10,12,15H,6H2,1-5H3,(H,18,19)/t12-,15+/m0/s1. The first-order chi connectivity index (χ1) is 9.35. The molecule has 0 aliphatic heterocycles. The molecule has 1 amide bonds. The van der Waals surface area contributed by atoms with Crippen molar-refractivity contribution in [3.63, 3.8) is 0 Å². The summed E-state index contributed by atoms with van der Waals surface area (Å²) in [4.78, 5) is 12.2. The molecular weight excluding hydrogens is 274 g/mol. The summed E-state index contributed by atoms with van der Waals surface area (Å²) in [6, 6.07) is 5.56. The molecule has 0 aliphatic carbocycles. The monoisotopic (exact) mass is 297 g/mol. The highest BCUT2D eigenvalue weighted by molar-refractivity contribution is 6.31. The van der Waals surface area contributed by atoms with E-state index in [2.05, 4.69) is 19.2 Å². The molecule has 2 atom stereocenters. The third kappa shape index (κ3) is 4.71. The van der Waals surface area contributed by atoms with Crippen molar-refractivity contribution in [1.82, 2.24) is 5.32 Å². The zero-order valence-corrected chi connectivity index (χ0v) is 13.6. The maximum atomic E-state index is 12.2. The van der Waals surface area contributed by atoms with Crippen LogP contribution in [-0.4, -0.2) is 18.1 Å². The molecule has 0 saturated heterocycles. The van der Waals surface area contributed by atoms with E-state index in [9.17, 15) is 4.79 Å². The second-order valence-electron chi connectivity index (χ2n) is 5.47. The van der Waals surface area contributed by atoms with E-state index in [0.717, 1.165) is 5.56 Å². The number of carbonyl (C=O) groups is 1. The summed E-state index contributed by atoms with van der Waals surface area (Å²) in [7, 11) is 0. The lowest BCUT2D eigenvalue weighted by Gasteiger charge is -2.22. The smallest absolute Gasteiger partial charge is 0.261 e. The van der Waals surface area contributed by atoms with Gasteiger partial charge in [-0.15, -0.1) is 0 Å². The number of hydrogen-bond donors (Lipinski definition) is 1. The Balaban J connectivity index is 2.71. The maximum Gasteiger partial charge on any atom is 0.261 e. The van der Waals surface area contributed by atoms with Gasteiger partial charge in [-0.25, -0.2) is 0 Å². The summed E-state index contributed by atoms with van der Waals surface area (Å²) in [5.74, 6) is 1.00. The van der Waals surface area contributed by atoms with Gasteiger partial charge in [-0.2, -0.15) is 0 Å². The van der Waals surface area contributed by atoms with E-state index >= 15 is 0 Å². The molecule has 1 rings (SSSR count). The summed E-state index contributed by atoms with van der Waals surface area (Å²) in [6.07, 6.45) is 0.148. The Morgan fingerprint density at radius 3 is 2.50 bits per heavy atom. The summed E-state index contributed by atoms with van der Waals surface area (Å²) in [6.45, 7) is 10.0. The molecule has 0 unspecified atom stereocenters. The fourth-order valence-corrected chi connectivity index (χ4v) is 1.78. The molecule has 0 aliphatic rings. The SMILES string of the molecule is CC[C@@H](Oc1ccc(Cl)c(C)c1)C(=O)N[C@@H](C)C(C)C. The van der Waals surface area contributed by atoms with Crippen LogP contribution in [0.5, 0.6) is 5.75 Å². The van der Waals surface area contributed by atoms with Crippen molar-refractivity contribution < 1.29 is 9.53 Å². The van der Waals surface area contributed by atoms with Gasteiger partial charge in [0.2, 0.25) is 0 Å². The molecule has 4 heteroatoms. The van der Waals surface area contributed by atoms with Gasteiger partial charge in [0.15, 0.2) is 6.10 Å². The Morgan fingerprint density at radius 2 is 2.00 bits per heavy atom. The third-order valence-electron chi connectivity index (χ3n) is 3.44. The minimum absolute atomic E-state index is 0.0682. The van der Waals surface area contributed by atoms with E-state index in [1.165, 1.54) is 0 Å². The highest BCUT2D eigenvalue weighted by atomic mass is 35.5. The molecule has 112 valence electrons. The van der Waals surface area contributed by atoms with Gasteiger partial charge in [0, 0.05) is 11.1 Å². The maximum absolute atomic E-state index is 12.2. The van der Waals surface area contributed by atoms with Crippen LogP contribution in [0.25, 0.3) is 0 Å². The number of benzene rings is 1. The van der Waals surface area contributed by atoms with Crippen molar-refractivity contribution in [3.05, 3.63) is 28.8 Å². The van der Waals surface area contributed by atoms with Gasteiger partial charge >= 0.3 is 0 Å². The van der Waals surface area contributed by atoms with Gasteiger partial charge in [0.05, 0.1) is 0 Å². The van der Waals surface area contributed by atoms with Crippen molar-refractivity contribution in [2.75, 3.05) is 0 Å². The van der Waals surface area contributed by atoms with Crippen LogP contribution >= 0.6 is 11.6 Å². The average molecular weight is 298 g/mol. The topological polar surface area (TPSA) is 38.3 Å². The number of rotatable bonds is 6.